The average Bonchev–Trinajstić information content (AvgIpc) is 3.33. The fourth-order valence-corrected chi connectivity index (χ4v) is 4.35. The van der Waals surface area contributed by atoms with Gasteiger partial charge in [-0.3, -0.25) is 4.79 Å². The molecule has 2 aromatic heterocycles. The minimum Gasteiger partial charge on any atom is -0.478 e. The maximum atomic E-state index is 13.3. The zero-order valence-electron chi connectivity index (χ0n) is 18.0. The van der Waals surface area contributed by atoms with Crippen molar-refractivity contribution in [3.8, 4) is 11.3 Å². The van der Waals surface area contributed by atoms with Crippen LogP contribution in [-0.4, -0.2) is 27.0 Å². The van der Waals surface area contributed by atoms with E-state index in [1.54, 1.807) is 30.3 Å². The van der Waals surface area contributed by atoms with E-state index in [-0.39, 0.29) is 17.0 Å². The number of carboxylic acid groups (broad SMARTS) is 1. The third-order valence-corrected chi connectivity index (χ3v) is 6.09. The van der Waals surface area contributed by atoms with Crippen LogP contribution in [0.4, 0.5) is 0 Å². The van der Waals surface area contributed by atoms with Crippen molar-refractivity contribution in [3.05, 3.63) is 88.2 Å². The summed E-state index contributed by atoms with van der Waals surface area (Å²) in [6, 6.07) is 17.4. The molecule has 7 heteroatoms. The van der Waals surface area contributed by atoms with E-state index in [0.29, 0.717) is 28.2 Å². The number of rotatable bonds is 5. The van der Waals surface area contributed by atoms with Gasteiger partial charge < -0.3 is 9.52 Å². The molecule has 1 aliphatic rings. The fraction of sp³-hybridized carbons (Fsp3) is 0.231. The van der Waals surface area contributed by atoms with Crippen LogP contribution in [0.25, 0.3) is 22.2 Å². The molecule has 0 bridgehead atoms. The molecule has 2 heterocycles. The van der Waals surface area contributed by atoms with Crippen LogP contribution < -0.4 is 5.56 Å². The fourth-order valence-electron chi connectivity index (χ4n) is 4.35. The van der Waals surface area contributed by atoms with Gasteiger partial charge in [-0.25, -0.2) is 9.78 Å². The number of carboxylic acids is 1. The van der Waals surface area contributed by atoms with Gasteiger partial charge in [0.25, 0.3) is 5.56 Å². The van der Waals surface area contributed by atoms with Crippen molar-refractivity contribution in [1.82, 2.24) is 9.66 Å². The van der Waals surface area contributed by atoms with Crippen LogP contribution in [0.3, 0.4) is 0 Å². The average molecular weight is 441 g/mol. The lowest BCUT2D eigenvalue weighted by molar-refractivity contribution is 0.0697. The molecule has 5 rings (SSSR count). The number of benzene rings is 2. The van der Waals surface area contributed by atoms with Gasteiger partial charge in [0.2, 0.25) is 0 Å². The third-order valence-electron chi connectivity index (χ3n) is 6.09. The zero-order chi connectivity index (χ0) is 22.8. The molecule has 1 fully saturated rings. The van der Waals surface area contributed by atoms with Crippen LogP contribution in [0.5, 0.6) is 0 Å². The quantitative estimate of drug-likeness (QED) is 0.425. The Morgan fingerprint density at radius 1 is 1.03 bits per heavy atom. The monoisotopic (exact) mass is 441 g/mol. The van der Waals surface area contributed by atoms with Crippen molar-refractivity contribution in [3.63, 3.8) is 0 Å². The maximum absolute atomic E-state index is 13.3. The van der Waals surface area contributed by atoms with Crippen LogP contribution in [0.1, 0.15) is 60.0 Å². The molecule has 0 saturated heterocycles. The predicted molar refractivity (Wildman–Crippen MR) is 126 cm³/mol. The number of para-hydroxylation sites is 1. The standard InChI is InChI=1S/C26H23N3O4/c30-25-21-8-4-5-9-22(21)28-24(18-6-2-1-3-7-18)29(25)27-16-20-14-15-23(33-20)17-10-12-19(13-11-17)26(31)32/h4-5,8-16,18H,1-3,6-7H2,(H,31,32). The summed E-state index contributed by atoms with van der Waals surface area (Å²) in [5, 5.41) is 14.1. The Morgan fingerprint density at radius 3 is 2.55 bits per heavy atom. The molecule has 7 nitrogen and oxygen atoms in total. The van der Waals surface area contributed by atoms with Crippen molar-refractivity contribution in [1.29, 1.82) is 0 Å². The molecule has 4 aromatic rings. The first kappa shape index (κ1) is 20.9. The second-order valence-corrected chi connectivity index (χ2v) is 8.27. The van der Waals surface area contributed by atoms with Gasteiger partial charge in [-0.15, -0.1) is 0 Å². The Morgan fingerprint density at radius 2 is 1.79 bits per heavy atom. The van der Waals surface area contributed by atoms with Crippen LogP contribution in [0, 0.1) is 0 Å². The van der Waals surface area contributed by atoms with Crippen molar-refractivity contribution >= 4 is 23.1 Å². The molecule has 1 saturated carbocycles. The van der Waals surface area contributed by atoms with Crippen molar-refractivity contribution in [2.24, 2.45) is 5.10 Å². The summed E-state index contributed by atoms with van der Waals surface area (Å²) in [5.74, 6) is 1.00. The van der Waals surface area contributed by atoms with E-state index >= 15 is 0 Å². The molecule has 0 spiro atoms. The lowest BCUT2D eigenvalue weighted by Crippen LogP contribution is -2.25. The number of aromatic carboxylic acids is 1. The summed E-state index contributed by atoms with van der Waals surface area (Å²) in [5.41, 5.74) is 1.48. The highest BCUT2D eigenvalue weighted by molar-refractivity contribution is 5.88. The summed E-state index contributed by atoms with van der Waals surface area (Å²) in [7, 11) is 0. The molecule has 33 heavy (non-hydrogen) atoms. The maximum Gasteiger partial charge on any atom is 0.335 e. The lowest BCUT2D eigenvalue weighted by Gasteiger charge is -2.22. The minimum atomic E-state index is -0.975. The van der Waals surface area contributed by atoms with Crippen LogP contribution in [0.2, 0.25) is 0 Å². The van der Waals surface area contributed by atoms with Crippen LogP contribution >= 0.6 is 0 Å². The highest BCUT2D eigenvalue weighted by Crippen LogP contribution is 2.31. The van der Waals surface area contributed by atoms with Crippen molar-refractivity contribution < 1.29 is 14.3 Å². The molecular weight excluding hydrogens is 418 g/mol. The molecule has 0 unspecified atom stereocenters. The molecular formula is C26H23N3O4. The van der Waals surface area contributed by atoms with Crippen LogP contribution in [0.15, 0.2) is 75.0 Å². The number of nitrogens with zero attached hydrogens (tertiary/aromatic N) is 3. The Hall–Kier alpha value is -4.00. The van der Waals surface area contributed by atoms with Gasteiger partial charge in [0.15, 0.2) is 0 Å². The SMILES string of the molecule is O=C(O)c1ccc(-c2ccc(C=Nn3c(C4CCCCC4)nc4ccccc4c3=O)o2)cc1. The molecule has 0 atom stereocenters. The highest BCUT2D eigenvalue weighted by atomic mass is 16.4. The van der Waals surface area contributed by atoms with E-state index in [4.69, 9.17) is 14.5 Å². The van der Waals surface area contributed by atoms with Gasteiger partial charge >= 0.3 is 5.97 Å². The molecule has 0 aliphatic heterocycles. The largest absolute Gasteiger partial charge is 0.478 e. The molecule has 1 N–H and O–H groups in total. The summed E-state index contributed by atoms with van der Waals surface area (Å²) < 4.78 is 7.29. The van der Waals surface area contributed by atoms with Crippen molar-refractivity contribution in [2.75, 3.05) is 0 Å². The van der Waals surface area contributed by atoms with E-state index in [2.05, 4.69) is 5.10 Å². The minimum absolute atomic E-state index is 0.187. The van der Waals surface area contributed by atoms with Gasteiger partial charge in [-0.1, -0.05) is 43.5 Å². The smallest absolute Gasteiger partial charge is 0.335 e. The van der Waals surface area contributed by atoms with E-state index in [9.17, 15) is 9.59 Å². The number of fused-ring (bicyclic) bond motifs is 1. The highest BCUT2D eigenvalue weighted by Gasteiger charge is 2.22. The molecule has 2 aromatic carbocycles. The summed E-state index contributed by atoms with van der Waals surface area (Å²) >= 11 is 0. The van der Waals surface area contributed by atoms with E-state index < -0.39 is 5.97 Å². The molecule has 0 radical (unpaired) electrons. The Bertz CT molecular complexity index is 1390. The van der Waals surface area contributed by atoms with Gasteiger partial charge in [-0.2, -0.15) is 9.78 Å². The summed E-state index contributed by atoms with van der Waals surface area (Å²) in [6.45, 7) is 0. The first-order valence-corrected chi connectivity index (χ1v) is 11.1. The first-order chi connectivity index (χ1) is 16.1. The summed E-state index contributed by atoms with van der Waals surface area (Å²) in [4.78, 5) is 29.1. The van der Waals surface area contributed by atoms with Crippen molar-refractivity contribution in [2.45, 2.75) is 38.0 Å². The van der Waals surface area contributed by atoms with Gasteiger partial charge in [0.05, 0.1) is 22.7 Å². The zero-order valence-corrected chi connectivity index (χ0v) is 18.0. The number of furan rings is 1. The van der Waals surface area contributed by atoms with Gasteiger partial charge in [0.1, 0.15) is 17.3 Å². The van der Waals surface area contributed by atoms with E-state index in [1.807, 2.05) is 18.2 Å². The molecule has 166 valence electrons. The van der Waals surface area contributed by atoms with E-state index in [0.717, 1.165) is 31.2 Å². The second kappa shape index (κ2) is 8.86. The van der Waals surface area contributed by atoms with E-state index in [1.165, 1.54) is 29.4 Å². The Balaban J connectivity index is 1.50. The predicted octanol–water partition coefficient (Wildman–Crippen LogP) is 5.28. The number of hydrogen-bond donors (Lipinski definition) is 1. The normalized spacial score (nSPS) is 14.8. The first-order valence-electron chi connectivity index (χ1n) is 11.1. The number of aromatic nitrogens is 2. The van der Waals surface area contributed by atoms with Gasteiger partial charge in [-0.05, 0) is 49.2 Å². The topological polar surface area (TPSA) is 97.7 Å². The third kappa shape index (κ3) is 4.22. The Labute approximate surface area is 190 Å². The number of carbonyl (C=O) groups is 1. The second-order valence-electron chi connectivity index (χ2n) is 8.27. The molecule has 1 aliphatic carbocycles. The lowest BCUT2D eigenvalue weighted by atomic mass is 9.88. The number of hydrogen-bond acceptors (Lipinski definition) is 5. The molecule has 0 amide bonds. The van der Waals surface area contributed by atoms with Gasteiger partial charge in [0, 0.05) is 11.5 Å². The van der Waals surface area contributed by atoms with Crippen LogP contribution in [-0.2, 0) is 0 Å². The Kier molecular flexibility index (Phi) is 5.60. The summed E-state index contributed by atoms with van der Waals surface area (Å²) in [6.07, 6.45) is 6.98.